The molecule has 6 nitrogen and oxygen atoms in total. The minimum absolute atomic E-state index is 0.0199. The summed E-state index contributed by atoms with van der Waals surface area (Å²) >= 11 is 0. The fourth-order valence-electron chi connectivity index (χ4n) is 2.76. The molecule has 1 aromatic heterocycles. The molecule has 1 saturated heterocycles. The second-order valence-corrected chi connectivity index (χ2v) is 6.13. The molecule has 1 aliphatic rings. The highest BCUT2D eigenvalue weighted by Gasteiger charge is 2.10. The second-order valence-electron chi connectivity index (χ2n) is 6.13. The molecule has 1 fully saturated rings. The molecule has 0 radical (unpaired) electrons. The molecule has 138 valence electrons. The third kappa shape index (κ3) is 5.50. The van der Waals surface area contributed by atoms with Crippen LogP contribution >= 0.6 is 0 Å². The first-order valence-corrected chi connectivity index (χ1v) is 8.74. The van der Waals surface area contributed by atoms with Crippen molar-refractivity contribution in [3.05, 3.63) is 54.0 Å². The van der Waals surface area contributed by atoms with Crippen molar-refractivity contribution in [2.24, 2.45) is 0 Å². The maximum Gasteiger partial charge on any atom is 0.230 e. The number of nitrogens with one attached hydrogen (secondary N) is 2. The third-order valence-corrected chi connectivity index (χ3v) is 4.20. The number of aromatic nitrogens is 1. The Kier molecular flexibility index (Phi) is 6.51. The zero-order chi connectivity index (χ0) is 18.2. The van der Waals surface area contributed by atoms with Crippen molar-refractivity contribution in [2.45, 2.75) is 6.42 Å². The lowest BCUT2D eigenvalue weighted by molar-refractivity contribution is -0.115. The average Bonchev–Trinajstić information content (AvgIpc) is 2.66. The normalized spacial score (nSPS) is 14.8. The SMILES string of the molecule is O=C(Cc1ccccc1F)Nc1ccc(NCCN2CCOCC2)cn1. The van der Waals surface area contributed by atoms with Crippen molar-refractivity contribution < 1.29 is 13.9 Å². The van der Waals surface area contributed by atoms with E-state index in [0.29, 0.717) is 11.4 Å². The summed E-state index contributed by atoms with van der Waals surface area (Å²) in [4.78, 5) is 18.6. The van der Waals surface area contributed by atoms with Crippen molar-refractivity contribution in [1.82, 2.24) is 9.88 Å². The minimum atomic E-state index is -0.379. The molecule has 1 aliphatic heterocycles. The summed E-state index contributed by atoms with van der Waals surface area (Å²) in [6.07, 6.45) is 1.66. The van der Waals surface area contributed by atoms with Crippen LogP contribution in [-0.2, 0) is 16.0 Å². The number of nitrogens with zero attached hydrogens (tertiary/aromatic N) is 2. The Morgan fingerprint density at radius 3 is 2.73 bits per heavy atom. The van der Waals surface area contributed by atoms with E-state index in [4.69, 9.17) is 4.74 Å². The van der Waals surface area contributed by atoms with Gasteiger partial charge in [-0.05, 0) is 23.8 Å². The zero-order valence-corrected chi connectivity index (χ0v) is 14.6. The number of anilines is 2. The summed E-state index contributed by atoms with van der Waals surface area (Å²) in [5, 5.41) is 6.00. The van der Waals surface area contributed by atoms with Crippen molar-refractivity contribution >= 4 is 17.4 Å². The van der Waals surface area contributed by atoms with Gasteiger partial charge in [0.1, 0.15) is 11.6 Å². The van der Waals surface area contributed by atoms with Crippen LogP contribution in [0.25, 0.3) is 0 Å². The van der Waals surface area contributed by atoms with E-state index in [1.807, 2.05) is 6.07 Å². The lowest BCUT2D eigenvalue weighted by Gasteiger charge is -2.26. The van der Waals surface area contributed by atoms with Gasteiger partial charge in [0, 0.05) is 26.2 Å². The summed E-state index contributed by atoms with van der Waals surface area (Å²) in [5.41, 5.74) is 1.26. The Balaban J connectivity index is 1.43. The van der Waals surface area contributed by atoms with Crippen LogP contribution in [0.15, 0.2) is 42.6 Å². The van der Waals surface area contributed by atoms with Crippen LogP contribution in [0.3, 0.4) is 0 Å². The van der Waals surface area contributed by atoms with Crippen LogP contribution in [-0.4, -0.2) is 55.2 Å². The first-order chi connectivity index (χ1) is 12.7. The van der Waals surface area contributed by atoms with Gasteiger partial charge in [-0.3, -0.25) is 9.69 Å². The fourth-order valence-corrected chi connectivity index (χ4v) is 2.76. The largest absolute Gasteiger partial charge is 0.383 e. The van der Waals surface area contributed by atoms with E-state index in [1.165, 1.54) is 6.07 Å². The number of hydrogen-bond donors (Lipinski definition) is 2. The Bertz CT molecular complexity index is 718. The van der Waals surface area contributed by atoms with Gasteiger partial charge in [0.2, 0.25) is 5.91 Å². The smallest absolute Gasteiger partial charge is 0.230 e. The quantitative estimate of drug-likeness (QED) is 0.794. The second kappa shape index (κ2) is 9.26. The molecule has 1 amide bonds. The highest BCUT2D eigenvalue weighted by atomic mass is 19.1. The fraction of sp³-hybridized carbons (Fsp3) is 0.368. The number of benzene rings is 1. The number of morpholine rings is 1. The van der Waals surface area contributed by atoms with Crippen LogP contribution in [0, 0.1) is 5.82 Å². The van der Waals surface area contributed by atoms with Gasteiger partial charge in [-0.25, -0.2) is 9.37 Å². The molecule has 0 aliphatic carbocycles. The lowest BCUT2D eigenvalue weighted by Crippen LogP contribution is -2.39. The molecule has 0 unspecified atom stereocenters. The average molecular weight is 358 g/mol. The number of rotatable bonds is 7. The van der Waals surface area contributed by atoms with Crippen LogP contribution in [0.2, 0.25) is 0 Å². The third-order valence-electron chi connectivity index (χ3n) is 4.20. The number of carbonyl (C=O) groups excluding carboxylic acids is 1. The molecular formula is C19H23FN4O2. The predicted octanol–water partition coefficient (Wildman–Crippen LogP) is 2.15. The van der Waals surface area contributed by atoms with Gasteiger partial charge in [-0.2, -0.15) is 0 Å². The topological polar surface area (TPSA) is 66.5 Å². The number of ether oxygens (including phenoxy) is 1. The van der Waals surface area contributed by atoms with Crippen molar-refractivity contribution in [3.8, 4) is 0 Å². The molecule has 0 saturated carbocycles. The molecule has 3 rings (SSSR count). The summed E-state index contributed by atoms with van der Waals surface area (Å²) in [7, 11) is 0. The van der Waals surface area contributed by atoms with Crippen LogP contribution in [0.5, 0.6) is 0 Å². The van der Waals surface area contributed by atoms with Gasteiger partial charge in [0.25, 0.3) is 0 Å². The Morgan fingerprint density at radius 1 is 1.19 bits per heavy atom. The predicted molar refractivity (Wildman–Crippen MR) is 98.7 cm³/mol. The standard InChI is InChI=1S/C19H23FN4O2/c20-17-4-2-1-3-15(17)13-19(25)23-18-6-5-16(14-22-18)21-7-8-24-9-11-26-12-10-24/h1-6,14,21H,7-13H2,(H,22,23,25). The van der Waals surface area contributed by atoms with Crippen molar-refractivity contribution in [2.75, 3.05) is 50.0 Å². The molecule has 2 heterocycles. The number of carbonyl (C=O) groups is 1. The van der Waals surface area contributed by atoms with Crippen LogP contribution < -0.4 is 10.6 Å². The monoisotopic (exact) mass is 358 g/mol. The molecule has 0 atom stereocenters. The number of amides is 1. The van der Waals surface area contributed by atoms with E-state index >= 15 is 0 Å². The number of hydrogen-bond acceptors (Lipinski definition) is 5. The van der Waals surface area contributed by atoms with Gasteiger partial charge in [0.05, 0.1) is 31.5 Å². The van der Waals surface area contributed by atoms with E-state index in [1.54, 1.807) is 30.5 Å². The summed E-state index contributed by atoms with van der Waals surface area (Å²) in [5.74, 6) is -0.226. The maximum atomic E-state index is 13.6. The first kappa shape index (κ1) is 18.3. The van der Waals surface area contributed by atoms with Gasteiger partial charge in [0.15, 0.2) is 0 Å². The molecule has 2 aromatic rings. The minimum Gasteiger partial charge on any atom is -0.383 e. The van der Waals surface area contributed by atoms with Gasteiger partial charge < -0.3 is 15.4 Å². The van der Waals surface area contributed by atoms with Gasteiger partial charge in [-0.15, -0.1) is 0 Å². The molecule has 26 heavy (non-hydrogen) atoms. The van der Waals surface area contributed by atoms with Gasteiger partial charge in [-0.1, -0.05) is 18.2 Å². The van der Waals surface area contributed by atoms with Crippen molar-refractivity contribution in [1.29, 1.82) is 0 Å². The lowest BCUT2D eigenvalue weighted by atomic mass is 10.1. The van der Waals surface area contributed by atoms with E-state index < -0.39 is 0 Å². The highest BCUT2D eigenvalue weighted by molar-refractivity contribution is 5.91. The number of halogens is 1. The van der Waals surface area contributed by atoms with Gasteiger partial charge >= 0.3 is 0 Å². The molecule has 0 bridgehead atoms. The van der Waals surface area contributed by atoms with E-state index in [9.17, 15) is 9.18 Å². The highest BCUT2D eigenvalue weighted by Crippen LogP contribution is 2.12. The maximum absolute atomic E-state index is 13.6. The number of pyridine rings is 1. The van der Waals surface area contributed by atoms with Crippen LogP contribution in [0.4, 0.5) is 15.9 Å². The Labute approximate surface area is 152 Å². The zero-order valence-electron chi connectivity index (χ0n) is 14.6. The van der Waals surface area contributed by atoms with Crippen LogP contribution in [0.1, 0.15) is 5.56 Å². The molecule has 7 heteroatoms. The Hall–Kier alpha value is -2.51. The summed E-state index contributed by atoms with van der Waals surface area (Å²) in [6, 6.07) is 9.85. The molecular weight excluding hydrogens is 335 g/mol. The van der Waals surface area contributed by atoms with E-state index in [0.717, 1.165) is 45.1 Å². The molecule has 0 spiro atoms. The molecule has 1 aromatic carbocycles. The Morgan fingerprint density at radius 2 is 2.00 bits per heavy atom. The molecule has 2 N–H and O–H groups in total. The van der Waals surface area contributed by atoms with E-state index in [2.05, 4.69) is 20.5 Å². The first-order valence-electron chi connectivity index (χ1n) is 8.74. The van der Waals surface area contributed by atoms with E-state index in [-0.39, 0.29) is 18.1 Å². The summed E-state index contributed by atoms with van der Waals surface area (Å²) < 4.78 is 18.9. The summed E-state index contributed by atoms with van der Waals surface area (Å²) in [6.45, 7) is 5.29. The van der Waals surface area contributed by atoms with Crippen molar-refractivity contribution in [3.63, 3.8) is 0 Å².